The molecule has 3 nitrogen and oxygen atoms in total. The van der Waals surface area contributed by atoms with Gasteiger partial charge in [0, 0.05) is 33.2 Å². The van der Waals surface area contributed by atoms with Gasteiger partial charge in [-0.2, -0.15) is 0 Å². The zero-order valence-corrected chi connectivity index (χ0v) is 13.2. The number of benzene rings is 1. The Morgan fingerprint density at radius 1 is 1.24 bits per heavy atom. The lowest BCUT2D eigenvalue weighted by atomic mass is 9.73. The Bertz CT molecular complexity index is 464. The summed E-state index contributed by atoms with van der Waals surface area (Å²) >= 11 is 0. The van der Waals surface area contributed by atoms with E-state index in [4.69, 9.17) is 9.47 Å². The fourth-order valence-corrected chi connectivity index (χ4v) is 3.89. The van der Waals surface area contributed by atoms with Gasteiger partial charge in [-0.05, 0) is 36.9 Å². The van der Waals surface area contributed by atoms with Crippen molar-refractivity contribution in [3.63, 3.8) is 0 Å². The van der Waals surface area contributed by atoms with Gasteiger partial charge < -0.3 is 14.8 Å². The van der Waals surface area contributed by atoms with Gasteiger partial charge in [0.15, 0.2) is 0 Å². The Morgan fingerprint density at radius 3 is 2.52 bits per heavy atom. The molecule has 1 atom stereocenters. The molecule has 1 aromatic carbocycles. The van der Waals surface area contributed by atoms with Crippen molar-refractivity contribution in [3.05, 3.63) is 35.4 Å². The largest absolute Gasteiger partial charge is 0.381 e. The lowest BCUT2D eigenvalue weighted by Gasteiger charge is -2.44. The topological polar surface area (TPSA) is 30.5 Å². The van der Waals surface area contributed by atoms with Crippen LogP contribution in [0.5, 0.6) is 0 Å². The molecule has 1 unspecified atom stereocenters. The number of hydrogen-bond donors (Lipinski definition) is 1. The smallest absolute Gasteiger partial charge is 0.0916 e. The van der Waals surface area contributed by atoms with E-state index in [1.54, 1.807) is 0 Å². The van der Waals surface area contributed by atoms with Gasteiger partial charge >= 0.3 is 0 Å². The zero-order valence-electron chi connectivity index (χ0n) is 13.2. The third kappa shape index (κ3) is 2.75. The second kappa shape index (κ2) is 6.47. The average Bonchev–Trinajstić information content (AvgIpc) is 2.49. The Labute approximate surface area is 128 Å². The molecule has 0 aromatic heterocycles. The van der Waals surface area contributed by atoms with E-state index in [-0.39, 0.29) is 11.6 Å². The molecule has 1 aliphatic carbocycles. The van der Waals surface area contributed by atoms with E-state index in [2.05, 4.69) is 36.6 Å². The highest BCUT2D eigenvalue weighted by atomic mass is 16.5. The number of likely N-dealkylation sites (N-methyl/N-ethyl adjacent to an activating group) is 1. The molecule has 21 heavy (non-hydrogen) atoms. The summed E-state index contributed by atoms with van der Waals surface area (Å²) in [6, 6.07) is 9.16. The predicted octanol–water partition coefficient (Wildman–Crippen LogP) is 3.41. The van der Waals surface area contributed by atoms with Crippen LogP contribution in [0.25, 0.3) is 0 Å². The molecule has 1 aliphatic heterocycles. The summed E-state index contributed by atoms with van der Waals surface area (Å²) in [6.45, 7) is 1.58. The van der Waals surface area contributed by atoms with Crippen LogP contribution in [0, 0.1) is 0 Å². The molecular formula is C18H27NO2. The van der Waals surface area contributed by atoms with E-state index in [0.29, 0.717) is 0 Å². The highest BCUT2D eigenvalue weighted by Gasteiger charge is 2.42. The maximum atomic E-state index is 6.03. The first-order chi connectivity index (χ1) is 10.3. The first-order valence-corrected chi connectivity index (χ1v) is 8.20. The fraction of sp³-hybridized carbons (Fsp3) is 0.667. The summed E-state index contributed by atoms with van der Waals surface area (Å²) in [5.41, 5.74) is 2.80. The maximum Gasteiger partial charge on any atom is 0.0916 e. The Hall–Kier alpha value is -0.900. The lowest BCUT2D eigenvalue weighted by Crippen LogP contribution is -2.48. The molecule has 0 bridgehead atoms. The van der Waals surface area contributed by atoms with Gasteiger partial charge in [0.25, 0.3) is 0 Å². The zero-order chi connectivity index (χ0) is 14.7. The highest BCUT2D eigenvalue weighted by molar-refractivity contribution is 5.36. The number of ether oxygens (including phenoxy) is 2. The van der Waals surface area contributed by atoms with Crippen molar-refractivity contribution in [3.8, 4) is 0 Å². The highest BCUT2D eigenvalue weighted by Crippen LogP contribution is 2.44. The molecular weight excluding hydrogens is 262 g/mol. The van der Waals surface area contributed by atoms with Crippen LogP contribution < -0.4 is 5.32 Å². The van der Waals surface area contributed by atoms with Crippen molar-refractivity contribution in [2.45, 2.75) is 49.7 Å². The first kappa shape index (κ1) is 15.0. The van der Waals surface area contributed by atoms with Crippen molar-refractivity contribution in [1.82, 2.24) is 5.32 Å². The molecule has 1 saturated heterocycles. The molecule has 0 spiro atoms. The summed E-state index contributed by atoms with van der Waals surface area (Å²) in [6.07, 6.45) is 5.93. The average molecular weight is 289 g/mol. The minimum Gasteiger partial charge on any atom is -0.381 e. The predicted molar refractivity (Wildman–Crippen MR) is 84.6 cm³/mol. The number of rotatable bonds is 5. The second-order valence-electron chi connectivity index (χ2n) is 6.36. The molecule has 1 heterocycles. The second-order valence-corrected chi connectivity index (χ2v) is 6.36. The minimum atomic E-state index is -0.146. The standard InChI is InChI=1S/C18H27NO2/c1-19-17(18(20-2)10-12-21-13-11-18)16-9-4-3-8-15(16)14-6-5-7-14/h3-4,8-9,14,17,19H,5-7,10-13H2,1-2H3. The minimum absolute atomic E-state index is 0.146. The van der Waals surface area contributed by atoms with Gasteiger partial charge in [-0.25, -0.2) is 0 Å². The molecule has 1 N–H and O–H groups in total. The van der Waals surface area contributed by atoms with Crippen LogP contribution >= 0.6 is 0 Å². The third-order valence-electron chi connectivity index (χ3n) is 5.41. The summed E-state index contributed by atoms with van der Waals surface area (Å²) < 4.78 is 11.6. The van der Waals surface area contributed by atoms with Crippen LogP contribution in [0.4, 0.5) is 0 Å². The van der Waals surface area contributed by atoms with E-state index in [9.17, 15) is 0 Å². The normalized spacial score (nSPS) is 23.5. The first-order valence-electron chi connectivity index (χ1n) is 8.20. The van der Waals surface area contributed by atoms with Crippen molar-refractivity contribution < 1.29 is 9.47 Å². The van der Waals surface area contributed by atoms with Crippen LogP contribution in [0.2, 0.25) is 0 Å². The molecule has 1 aromatic rings. The van der Waals surface area contributed by atoms with Crippen LogP contribution in [-0.4, -0.2) is 33.0 Å². The van der Waals surface area contributed by atoms with E-state index < -0.39 is 0 Å². The van der Waals surface area contributed by atoms with E-state index in [0.717, 1.165) is 32.0 Å². The van der Waals surface area contributed by atoms with Gasteiger partial charge in [0.05, 0.1) is 11.6 Å². The van der Waals surface area contributed by atoms with Gasteiger partial charge in [0.2, 0.25) is 0 Å². The van der Waals surface area contributed by atoms with Gasteiger partial charge in [0.1, 0.15) is 0 Å². The van der Waals surface area contributed by atoms with E-state index in [1.807, 2.05) is 7.11 Å². The lowest BCUT2D eigenvalue weighted by molar-refractivity contribution is -0.110. The molecule has 2 fully saturated rings. The molecule has 0 radical (unpaired) electrons. The Morgan fingerprint density at radius 2 is 1.95 bits per heavy atom. The van der Waals surface area contributed by atoms with Crippen molar-refractivity contribution in [2.75, 3.05) is 27.4 Å². The van der Waals surface area contributed by atoms with Gasteiger partial charge in [-0.15, -0.1) is 0 Å². The van der Waals surface area contributed by atoms with E-state index >= 15 is 0 Å². The van der Waals surface area contributed by atoms with Crippen LogP contribution in [-0.2, 0) is 9.47 Å². The van der Waals surface area contributed by atoms with Crippen molar-refractivity contribution in [2.24, 2.45) is 0 Å². The number of methoxy groups -OCH3 is 1. The number of hydrogen-bond acceptors (Lipinski definition) is 3. The van der Waals surface area contributed by atoms with Crippen LogP contribution in [0.3, 0.4) is 0 Å². The molecule has 3 rings (SSSR count). The molecule has 0 amide bonds. The Balaban J connectivity index is 1.95. The monoisotopic (exact) mass is 289 g/mol. The molecule has 1 saturated carbocycles. The maximum absolute atomic E-state index is 6.03. The summed E-state index contributed by atoms with van der Waals surface area (Å²) in [5.74, 6) is 0.741. The molecule has 3 heteroatoms. The molecule has 116 valence electrons. The van der Waals surface area contributed by atoms with E-state index in [1.165, 1.54) is 30.4 Å². The number of nitrogens with one attached hydrogen (secondary N) is 1. The summed E-state index contributed by atoms with van der Waals surface area (Å²) in [4.78, 5) is 0. The summed E-state index contributed by atoms with van der Waals surface area (Å²) in [5, 5.41) is 3.54. The van der Waals surface area contributed by atoms with Crippen molar-refractivity contribution >= 4 is 0 Å². The molecule has 2 aliphatic rings. The Kier molecular flexibility index (Phi) is 4.63. The fourth-order valence-electron chi connectivity index (χ4n) is 3.89. The summed E-state index contributed by atoms with van der Waals surface area (Å²) in [7, 11) is 3.90. The van der Waals surface area contributed by atoms with Crippen LogP contribution in [0.15, 0.2) is 24.3 Å². The third-order valence-corrected chi connectivity index (χ3v) is 5.41. The quantitative estimate of drug-likeness (QED) is 0.901. The van der Waals surface area contributed by atoms with Gasteiger partial charge in [-0.1, -0.05) is 30.7 Å². The van der Waals surface area contributed by atoms with Crippen molar-refractivity contribution in [1.29, 1.82) is 0 Å². The van der Waals surface area contributed by atoms with Crippen LogP contribution in [0.1, 0.15) is 55.2 Å². The van der Waals surface area contributed by atoms with Gasteiger partial charge in [-0.3, -0.25) is 0 Å². The SMILES string of the molecule is CNC(c1ccccc1C1CCC1)C1(OC)CCOCC1.